The summed E-state index contributed by atoms with van der Waals surface area (Å²) in [5, 5.41) is 6.99. The Labute approximate surface area is 155 Å². The quantitative estimate of drug-likeness (QED) is 0.666. The summed E-state index contributed by atoms with van der Waals surface area (Å²) in [5.74, 6) is -0.331. The van der Waals surface area contributed by atoms with Crippen molar-refractivity contribution in [3.63, 3.8) is 0 Å². The minimum Gasteiger partial charge on any atom is -0.452 e. The molecule has 1 aromatic carbocycles. The molecule has 0 radical (unpaired) electrons. The lowest BCUT2D eigenvalue weighted by Gasteiger charge is -2.13. The van der Waals surface area contributed by atoms with Gasteiger partial charge in [0.1, 0.15) is 5.76 Å². The number of nitrogens with one attached hydrogen (secondary N) is 1. The fourth-order valence-corrected chi connectivity index (χ4v) is 2.76. The second kappa shape index (κ2) is 7.96. The summed E-state index contributed by atoms with van der Waals surface area (Å²) < 4.78 is 15.2. The van der Waals surface area contributed by atoms with Crippen LogP contribution in [0.1, 0.15) is 27.4 Å². The maximum Gasteiger partial charge on any atom is 0.340 e. The number of rotatable bonds is 6. The lowest BCUT2D eigenvalue weighted by molar-refractivity contribution is -0.119. The van der Waals surface area contributed by atoms with E-state index >= 15 is 0 Å². The minimum atomic E-state index is -0.635. The van der Waals surface area contributed by atoms with Crippen LogP contribution in [0, 0.1) is 13.8 Å². The predicted octanol–water partition coefficient (Wildman–Crippen LogP) is 2.78. The van der Waals surface area contributed by atoms with Crippen LogP contribution in [0.15, 0.2) is 34.9 Å². The van der Waals surface area contributed by atoms with E-state index in [1.807, 2.05) is 31.2 Å². The summed E-state index contributed by atoms with van der Waals surface area (Å²) in [6, 6.07) is 9.05. The molecule has 0 unspecified atom stereocenters. The summed E-state index contributed by atoms with van der Waals surface area (Å²) >= 11 is 0. The molecule has 27 heavy (non-hydrogen) atoms. The normalized spacial score (nSPS) is 10.8. The molecule has 8 heteroatoms. The molecule has 0 spiro atoms. The number of para-hydroxylation sites is 1. The number of esters is 1. The molecule has 2 heterocycles. The van der Waals surface area contributed by atoms with Gasteiger partial charge in [0, 0.05) is 18.6 Å². The Morgan fingerprint density at radius 2 is 2.00 bits per heavy atom. The van der Waals surface area contributed by atoms with Gasteiger partial charge in [-0.25, -0.2) is 9.78 Å². The molecule has 8 nitrogen and oxygen atoms in total. The van der Waals surface area contributed by atoms with Crippen molar-refractivity contribution < 1.29 is 23.6 Å². The standard InChI is InChI=1S/C19H19N3O5/c1-11-8-16(22-27-11)21-17(23)10-26-19(24)18-12(2)13-6-4-5-7-14(13)20-15(18)9-25-3/h4-8H,9-10H2,1-3H3,(H,21,22,23). The highest BCUT2D eigenvalue weighted by Gasteiger charge is 2.21. The van der Waals surface area contributed by atoms with E-state index in [-0.39, 0.29) is 12.4 Å². The molecule has 0 saturated carbocycles. The number of aryl methyl sites for hydroxylation is 2. The third-order valence-electron chi connectivity index (χ3n) is 3.94. The second-order valence-corrected chi connectivity index (χ2v) is 5.96. The number of benzene rings is 1. The lowest BCUT2D eigenvalue weighted by atomic mass is 10.0. The third kappa shape index (κ3) is 4.12. The summed E-state index contributed by atoms with van der Waals surface area (Å²) in [4.78, 5) is 29.1. The highest BCUT2D eigenvalue weighted by atomic mass is 16.5. The van der Waals surface area contributed by atoms with Crippen molar-refractivity contribution in [2.24, 2.45) is 0 Å². The zero-order valence-corrected chi connectivity index (χ0v) is 15.2. The lowest BCUT2D eigenvalue weighted by Crippen LogP contribution is -2.22. The van der Waals surface area contributed by atoms with Crippen LogP contribution in [-0.4, -0.2) is 35.7 Å². The first-order chi connectivity index (χ1) is 13.0. The molecular formula is C19H19N3O5. The van der Waals surface area contributed by atoms with E-state index in [0.29, 0.717) is 17.0 Å². The SMILES string of the molecule is COCc1nc2ccccc2c(C)c1C(=O)OCC(=O)Nc1cc(C)on1. The van der Waals surface area contributed by atoms with Crippen LogP contribution in [0.5, 0.6) is 0 Å². The predicted molar refractivity (Wildman–Crippen MR) is 97.3 cm³/mol. The van der Waals surface area contributed by atoms with Gasteiger partial charge < -0.3 is 19.3 Å². The maximum absolute atomic E-state index is 12.6. The van der Waals surface area contributed by atoms with Gasteiger partial charge in [0.2, 0.25) is 0 Å². The van der Waals surface area contributed by atoms with Crippen molar-refractivity contribution in [1.82, 2.24) is 10.1 Å². The van der Waals surface area contributed by atoms with Crippen molar-refractivity contribution >= 4 is 28.6 Å². The number of fused-ring (bicyclic) bond motifs is 1. The Hall–Kier alpha value is -3.26. The summed E-state index contributed by atoms with van der Waals surface area (Å²) in [7, 11) is 1.52. The van der Waals surface area contributed by atoms with Gasteiger partial charge in [-0.1, -0.05) is 23.4 Å². The zero-order chi connectivity index (χ0) is 19.4. The molecule has 0 bridgehead atoms. The maximum atomic E-state index is 12.6. The minimum absolute atomic E-state index is 0.153. The Morgan fingerprint density at radius 1 is 1.22 bits per heavy atom. The number of aromatic nitrogens is 2. The Morgan fingerprint density at radius 3 is 2.70 bits per heavy atom. The Balaban J connectivity index is 1.78. The molecule has 2 aromatic heterocycles. The molecule has 0 aliphatic rings. The van der Waals surface area contributed by atoms with Gasteiger partial charge in [-0.15, -0.1) is 0 Å². The number of hydrogen-bond acceptors (Lipinski definition) is 7. The van der Waals surface area contributed by atoms with Gasteiger partial charge in [-0.3, -0.25) is 4.79 Å². The largest absolute Gasteiger partial charge is 0.452 e. The highest BCUT2D eigenvalue weighted by Crippen LogP contribution is 2.24. The van der Waals surface area contributed by atoms with Gasteiger partial charge >= 0.3 is 5.97 Å². The van der Waals surface area contributed by atoms with Crippen LogP contribution in [0.25, 0.3) is 10.9 Å². The molecule has 0 fully saturated rings. The molecular weight excluding hydrogens is 350 g/mol. The van der Waals surface area contributed by atoms with Gasteiger partial charge in [0.05, 0.1) is 23.4 Å². The molecule has 0 atom stereocenters. The second-order valence-electron chi connectivity index (χ2n) is 5.96. The van der Waals surface area contributed by atoms with Crippen molar-refractivity contribution in [3.05, 3.63) is 52.9 Å². The molecule has 140 valence electrons. The van der Waals surface area contributed by atoms with Crippen LogP contribution in [0.2, 0.25) is 0 Å². The number of amides is 1. The van der Waals surface area contributed by atoms with E-state index in [4.69, 9.17) is 14.0 Å². The van der Waals surface area contributed by atoms with Crippen LogP contribution < -0.4 is 5.32 Å². The first kappa shape index (κ1) is 18.5. The van der Waals surface area contributed by atoms with Crippen molar-refractivity contribution in [2.75, 3.05) is 19.0 Å². The number of carbonyl (C=O) groups is 2. The summed E-state index contributed by atoms with van der Waals surface area (Å²) in [6.45, 7) is 3.22. The summed E-state index contributed by atoms with van der Waals surface area (Å²) in [6.07, 6.45) is 0. The molecule has 0 aliphatic carbocycles. The van der Waals surface area contributed by atoms with Gasteiger partial charge in [-0.05, 0) is 25.5 Å². The van der Waals surface area contributed by atoms with E-state index in [2.05, 4.69) is 15.5 Å². The van der Waals surface area contributed by atoms with Crippen molar-refractivity contribution in [1.29, 1.82) is 0 Å². The third-order valence-corrected chi connectivity index (χ3v) is 3.94. The first-order valence-electron chi connectivity index (χ1n) is 8.27. The molecule has 3 rings (SSSR count). The molecule has 3 aromatic rings. The van der Waals surface area contributed by atoms with Gasteiger partial charge in [0.15, 0.2) is 12.4 Å². The Kier molecular flexibility index (Phi) is 5.46. The number of carbonyl (C=O) groups excluding carboxylic acids is 2. The van der Waals surface area contributed by atoms with Crippen molar-refractivity contribution in [2.45, 2.75) is 20.5 Å². The molecule has 1 amide bonds. The number of ether oxygens (including phenoxy) is 2. The summed E-state index contributed by atoms with van der Waals surface area (Å²) in [5.41, 5.74) is 2.26. The first-order valence-corrected chi connectivity index (χ1v) is 8.27. The van der Waals surface area contributed by atoms with E-state index < -0.39 is 18.5 Å². The number of nitrogens with zero attached hydrogens (tertiary/aromatic N) is 2. The van der Waals surface area contributed by atoms with Crippen LogP contribution in [0.4, 0.5) is 5.82 Å². The fraction of sp³-hybridized carbons (Fsp3) is 0.263. The number of anilines is 1. The van der Waals surface area contributed by atoms with Gasteiger partial charge in [0.25, 0.3) is 5.91 Å². The topological polar surface area (TPSA) is 104 Å². The van der Waals surface area contributed by atoms with E-state index in [1.54, 1.807) is 13.0 Å². The highest BCUT2D eigenvalue weighted by molar-refractivity contribution is 6.00. The molecule has 0 aliphatic heterocycles. The molecule has 0 saturated heterocycles. The van der Waals surface area contributed by atoms with Gasteiger partial charge in [-0.2, -0.15) is 0 Å². The number of pyridine rings is 1. The smallest absolute Gasteiger partial charge is 0.340 e. The van der Waals surface area contributed by atoms with E-state index in [9.17, 15) is 9.59 Å². The average molecular weight is 369 g/mol. The Bertz CT molecular complexity index is 996. The molecule has 1 N–H and O–H groups in total. The monoisotopic (exact) mass is 369 g/mol. The average Bonchev–Trinajstić information content (AvgIpc) is 3.05. The van der Waals surface area contributed by atoms with E-state index in [1.165, 1.54) is 7.11 Å². The van der Waals surface area contributed by atoms with Crippen LogP contribution >= 0.6 is 0 Å². The zero-order valence-electron chi connectivity index (χ0n) is 15.2. The number of methoxy groups -OCH3 is 1. The van der Waals surface area contributed by atoms with Crippen LogP contribution in [0.3, 0.4) is 0 Å². The van der Waals surface area contributed by atoms with E-state index in [0.717, 1.165) is 16.5 Å². The number of hydrogen-bond donors (Lipinski definition) is 1. The van der Waals surface area contributed by atoms with Crippen LogP contribution in [-0.2, 0) is 20.9 Å². The van der Waals surface area contributed by atoms with Crippen molar-refractivity contribution in [3.8, 4) is 0 Å². The fourth-order valence-electron chi connectivity index (χ4n) is 2.76.